The summed E-state index contributed by atoms with van der Waals surface area (Å²) in [6.45, 7) is 4.74. The average Bonchev–Trinajstić information content (AvgIpc) is 2.69. The molecule has 3 rings (SSSR count). The highest BCUT2D eigenvalue weighted by Crippen LogP contribution is 2.22. The number of likely N-dealkylation sites (tertiary alicyclic amines) is 1. The van der Waals surface area contributed by atoms with Crippen molar-refractivity contribution in [2.45, 2.75) is 32.7 Å². The largest absolute Gasteiger partial charge is 0.508 e. The van der Waals surface area contributed by atoms with Gasteiger partial charge in [-0.3, -0.25) is 9.69 Å². The van der Waals surface area contributed by atoms with Crippen LogP contribution in [0.1, 0.15) is 47.7 Å². The summed E-state index contributed by atoms with van der Waals surface area (Å²) in [5, 5.41) is 14.4. The second-order valence-corrected chi connectivity index (χ2v) is 6.68. The summed E-state index contributed by atoms with van der Waals surface area (Å²) in [6, 6.07) is 14.5. The monoisotopic (exact) mass is 351 g/mol. The zero-order valence-corrected chi connectivity index (χ0v) is 15.1. The third-order valence-electron chi connectivity index (χ3n) is 4.70. The van der Waals surface area contributed by atoms with Gasteiger partial charge in [-0.05, 0) is 68.8 Å². The number of hydrazone groups is 1. The number of aromatic hydroxyl groups is 1. The Kier molecular flexibility index (Phi) is 6.02. The van der Waals surface area contributed by atoms with Crippen molar-refractivity contribution in [2.75, 3.05) is 13.1 Å². The zero-order chi connectivity index (χ0) is 18.4. The zero-order valence-electron chi connectivity index (χ0n) is 15.1. The molecule has 5 heteroatoms. The van der Waals surface area contributed by atoms with Crippen molar-refractivity contribution in [3.05, 3.63) is 65.2 Å². The number of nitrogens with zero attached hydrogens (tertiary/aromatic N) is 2. The Hall–Kier alpha value is -2.66. The lowest BCUT2D eigenvalue weighted by molar-refractivity contribution is 0.0955. The Morgan fingerprint density at radius 2 is 1.81 bits per heavy atom. The van der Waals surface area contributed by atoms with E-state index in [9.17, 15) is 9.90 Å². The number of rotatable bonds is 5. The van der Waals surface area contributed by atoms with Gasteiger partial charge in [-0.15, -0.1) is 0 Å². The lowest BCUT2D eigenvalue weighted by Crippen LogP contribution is -2.29. The van der Waals surface area contributed by atoms with E-state index in [0.717, 1.165) is 30.8 Å². The van der Waals surface area contributed by atoms with Gasteiger partial charge >= 0.3 is 0 Å². The molecule has 136 valence electrons. The SMILES string of the molecule is C/C(=N\NC(=O)c1ccccc1)c1ccc(O)c(CN2CCCCC2)c1. The number of amides is 1. The lowest BCUT2D eigenvalue weighted by Gasteiger charge is -2.26. The van der Waals surface area contributed by atoms with Crippen LogP contribution in [-0.4, -0.2) is 34.7 Å². The molecule has 0 atom stereocenters. The quantitative estimate of drug-likeness (QED) is 0.640. The molecular formula is C21H25N3O2. The fourth-order valence-electron chi connectivity index (χ4n) is 3.15. The van der Waals surface area contributed by atoms with Gasteiger partial charge in [0.15, 0.2) is 0 Å². The predicted octanol–water partition coefficient (Wildman–Crippen LogP) is 3.53. The number of hydrogen-bond donors (Lipinski definition) is 2. The third kappa shape index (κ3) is 4.70. The maximum absolute atomic E-state index is 12.1. The number of hydrogen-bond acceptors (Lipinski definition) is 4. The Bertz CT molecular complexity index is 781. The first kappa shape index (κ1) is 18.1. The van der Waals surface area contributed by atoms with E-state index in [-0.39, 0.29) is 5.91 Å². The van der Waals surface area contributed by atoms with Crippen LogP contribution < -0.4 is 5.43 Å². The van der Waals surface area contributed by atoms with Gasteiger partial charge in [0.05, 0.1) is 5.71 Å². The maximum Gasteiger partial charge on any atom is 0.271 e. The van der Waals surface area contributed by atoms with Crippen molar-refractivity contribution in [2.24, 2.45) is 5.10 Å². The normalized spacial score (nSPS) is 15.7. The molecule has 2 aromatic rings. The van der Waals surface area contributed by atoms with Crippen molar-refractivity contribution in [1.82, 2.24) is 10.3 Å². The molecule has 1 aliphatic rings. The molecule has 0 aromatic heterocycles. The molecule has 0 aliphatic carbocycles. The van der Waals surface area contributed by atoms with E-state index in [2.05, 4.69) is 15.4 Å². The van der Waals surface area contributed by atoms with Gasteiger partial charge in [-0.25, -0.2) is 5.43 Å². The van der Waals surface area contributed by atoms with Crippen LogP contribution in [0.25, 0.3) is 0 Å². The standard InChI is InChI=1S/C21H25N3O2/c1-16(22-23-21(26)17-8-4-2-5-9-17)18-10-11-20(25)19(14-18)15-24-12-6-3-7-13-24/h2,4-5,8-11,14,25H,3,6-7,12-13,15H2,1H3,(H,23,26)/b22-16+. The molecule has 0 radical (unpaired) electrons. The van der Waals surface area contributed by atoms with Crippen molar-refractivity contribution in [3.63, 3.8) is 0 Å². The summed E-state index contributed by atoms with van der Waals surface area (Å²) in [7, 11) is 0. The molecule has 26 heavy (non-hydrogen) atoms. The molecule has 1 fully saturated rings. The molecular weight excluding hydrogens is 326 g/mol. The van der Waals surface area contributed by atoms with Crippen LogP contribution in [0.5, 0.6) is 5.75 Å². The van der Waals surface area contributed by atoms with E-state index in [1.54, 1.807) is 18.2 Å². The van der Waals surface area contributed by atoms with E-state index < -0.39 is 0 Å². The van der Waals surface area contributed by atoms with Crippen LogP contribution >= 0.6 is 0 Å². The minimum absolute atomic E-state index is 0.239. The van der Waals surface area contributed by atoms with E-state index in [4.69, 9.17) is 0 Å². The first-order valence-corrected chi connectivity index (χ1v) is 9.08. The molecule has 1 amide bonds. The van der Waals surface area contributed by atoms with Crippen LogP contribution in [0.4, 0.5) is 0 Å². The molecule has 1 heterocycles. The second kappa shape index (κ2) is 8.63. The van der Waals surface area contributed by atoms with Crippen molar-refractivity contribution < 1.29 is 9.90 Å². The summed E-state index contributed by atoms with van der Waals surface area (Å²) in [6.07, 6.45) is 3.72. The van der Waals surface area contributed by atoms with Crippen molar-refractivity contribution >= 4 is 11.6 Å². The minimum atomic E-state index is -0.239. The molecule has 0 spiro atoms. The molecule has 5 nitrogen and oxygen atoms in total. The fraction of sp³-hybridized carbons (Fsp3) is 0.333. The maximum atomic E-state index is 12.1. The van der Waals surface area contributed by atoms with Gasteiger partial charge in [0, 0.05) is 17.7 Å². The predicted molar refractivity (Wildman–Crippen MR) is 103 cm³/mol. The second-order valence-electron chi connectivity index (χ2n) is 6.68. The summed E-state index contributed by atoms with van der Waals surface area (Å²) in [5.74, 6) is 0.0673. The van der Waals surface area contributed by atoms with Crippen LogP contribution in [0.3, 0.4) is 0 Å². The Labute approximate surface area is 154 Å². The van der Waals surface area contributed by atoms with E-state index in [0.29, 0.717) is 17.0 Å². The van der Waals surface area contributed by atoms with Crippen LogP contribution in [0, 0.1) is 0 Å². The first-order chi connectivity index (χ1) is 12.6. The van der Waals surface area contributed by atoms with Gasteiger partial charge in [0.1, 0.15) is 5.75 Å². The summed E-state index contributed by atoms with van der Waals surface area (Å²) in [5.41, 5.74) is 5.65. The van der Waals surface area contributed by atoms with Crippen molar-refractivity contribution in [3.8, 4) is 5.75 Å². The fourth-order valence-corrected chi connectivity index (χ4v) is 3.15. The van der Waals surface area contributed by atoms with Crippen LogP contribution in [0.2, 0.25) is 0 Å². The molecule has 2 N–H and O–H groups in total. The van der Waals surface area contributed by atoms with Gasteiger partial charge in [0.25, 0.3) is 5.91 Å². The molecule has 0 bridgehead atoms. The number of phenols is 1. The smallest absolute Gasteiger partial charge is 0.271 e. The van der Waals surface area contributed by atoms with E-state index in [1.165, 1.54) is 19.3 Å². The van der Waals surface area contributed by atoms with Crippen molar-refractivity contribution in [1.29, 1.82) is 0 Å². The first-order valence-electron chi connectivity index (χ1n) is 9.08. The average molecular weight is 351 g/mol. The van der Waals surface area contributed by atoms with Crippen LogP contribution in [-0.2, 0) is 6.54 Å². The topological polar surface area (TPSA) is 64.9 Å². The van der Waals surface area contributed by atoms with Gasteiger partial charge < -0.3 is 5.11 Å². The number of carbonyl (C=O) groups is 1. The third-order valence-corrected chi connectivity index (χ3v) is 4.70. The summed E-state index contributed by atoms with van der Waals surface area (Å²) in [4.78, 5) is 14.5. The van der Waals surface area contributed by atoms with Gasteiger partial charge in [-0.1, -0.05) is 24.6 Å². The Morgan fingerprint density at radius 3 is 2.54 bits per heavy atom. The number of benzene rings is 2. The van der Waals surface area contributed by atoms with E-state index >= 15 is 0 Å². The molecule has 2 aromatic carbocycles. The summed E-state index contributed by atoms with van der Waals surface area (Å²) >= 11 is 0. The highest BCUT2D eigenvalue weighted by atomic mass is 16.3. The molecule has 0 unspecified atom stereocenters. The Morgan fingerprint density at radius 1 is 1.08 bits per heavy atom. The van der Waals surface area contributed by atoms with Gasteiger partial charge in [-0.2, -0.15) is 5.10 Å². The molecule has 1 aliphatic heterocycles. The van der Waals surface area contributed by atoms with E-state index in [1.807, 2.05) is 37.3 Å². The lowest BCUT2D eigenvalue weighted by atomic mass is 10.0. The minimum Gasteiger partial charge on any atom is -0.508 e. The number of nitrogens with one attached hydrogen (secondary N) is 1. The number of carbonyl (C=O) groups excluding carboxylic acids is 1. The summed E-state index contributed by atoms with van der Waals surface area (Å²) < 4.78 is 0. The number of piperidine rings is 1. The van der Waals surface area contributed by atoms with Crippen LogP contribution in [0.15, 0.2) is 53.6 Å². The van der Waals surface area contributed by atoms with Gasteiger partial charge in [0.2, 0.25) is 0 Å². The Balaban J connectivity index is 1.69. The number of phenolic OH excluding ortho intramolecular Hbond substituents is 1. The molecule has 0 saturated carbocycles. The molecule has 1 saturated heterocycles. The highest BCUT2D eigenvalue weighted by molar-refractivity contribution is 6.01. The highest BCUT2D eigenvalue weighted by Gasteiger charge is 2.13.